The van der Waals surface area contributed by atoms with Gasteiger partial charge in [0.05, 0.1) is 0 Å². The molecule has 23 heavy (non-hydrogen) atoms. The summed E-state index contributed by atoms with van der Waals surface area (Å²) in [6.45, 7) is 5.53. The number of benzene rings is 2. The molecule has 0 aliphatic heterocycles. The first kappa shape index (κ1) is 17.4. The van der Waals surface area contributed by atoms with E-state index in [9.17, 15) is 4.79 Å². The van der Waals surface area contributed by atoms with Crippen molar-refractivity contribution in [1.82, 2.24) is 0 Å². The molecular weight excluding hydrogens is 383 g/mol. The van der Waals surface area contributed by atoms with E-state index in [1.54, 1.807) is 0 Å². The Hall–Kier alpha value is -1.96. The van der Waals surface area contributed by atoms with Crippen LogP contribution < -0.4 is 10.2 Å². The molecule has 1 amide bonds. The van der Waals surface area contributed by atoms with Crippen molar-refractivity contribution in [2.45, 2.75) is 26.4 Å². The fraction of sp³-hybridized carbons (Fsp3) is 0.222. The summed E-state index contributed by atoms with van der Waals surface area (Å²) < 4.78 is 6.04. The predicted molar refractivity (Wildman–Crippen MR) is 90.2 cm³/mol. The molecule has 0 aromatic heterocycles. The van der Waals surface area contributed by atoms with Gasteiger partial charge in [0.15, 0.2) is 0 Å². The fourth-order valence-corrected chi connectivity index (χ4v) is 2.42. The van der Waals surface area contributed by atoms with Crippen molar-refractivity contribution in [3.63, 3.8) is 0 Å². The SMILES string of the molecule is CC(C)(C)OC(=O)N([C](=[Pd])Nc1ccccc1)c1ccccc1. The number of nitrogens with zero attached hydrogens (tertiary/aromatic N) is 1. The molecule has 0 saturated carbocycles. The van der Waals surface area contributed by atoms with Crippen molar-refractivity contribution in [2.24, 2.45) is 0 Å². The van der Waals surface area contributed by atoms with Gasteiger partial charge in [0.25, 0.3) is 0 Å². The summed E-state index contributed by atoms with van der Waals surface area (Å²) in [6.07, 6.45) is -0.450. The third kappa shape index (κ3) is 5.31. The van der Waals surface area contributed by atoms with E-state index < -0.39 is 11.7 Å². The van der Waals surface area contributed by atoms with Gasteiger partial charge in [-0.05, 0) is 0 Å². The molecule has 0 bridgehead atoms. The van der Waals surface area contributed by atoms with E-state index >= 15 is 0 Å². The minimum atomic E-state index is -0.575. The summed E-state index contributed by atoms with van der Waals surface area (Å²) in [4.78, 5) is 14.1. The molecule has 0 radical (unpaired) electrons. The summed E-state index contributed by atoms with van der Waals surface area (Å²) in [5.41, 5.74) is 1.01. The Kier molecular flexibility index (Phi) is 5.70. The van der Waals surface area contributed by atoms with Gasteiger partial charge in [0.2, 0.25) is 0 Å². The molecule has 0 atom stereocenters. The Morgan fingerprint density at radius 3 is 2.04 bits per heavy atom. The van der Waals surface area contributed by atoms with Crippen molar-refractivity contribution in [3.8, 4) is 0 Å². The van der Waals surface area contributed by atoms with Crippen LogP contribution >= 0.6 is 0 Å². The van der Waals surface area contributed by atoms with Crippen LogP contribution in [-0.4, -0.2) is 15.9 Å². The molecule has 0 aliphatic carbocycles. The van der Waals surface area contributed by atoms with Gasteiger partial charge in [0, 0.05) is 0 Å². The van der Waals surface area contributed by atoms with Crippen LogP contribution in [0, 0.1) is 0 Å². The normalized spacial score (nSPS) is 10.8. The van der Waals surface area contributed by atoms with Crippen molar-refractivity contribution in [2.75, 3.05) is 10.2 Å². The molecule has 0 fully saturated rings. The van der Waals surface area contributed by atoms with Gasteiger partial charge in [-0.1, -0.05) is 0 Å². The van der Waals surface area contributed by atoms with Crippen LogP contribution in [0.25, 0.3) is 0 Å². The van der Waals surface area contributed by atoms with E-state index in [0.29, 0.717) is 9.92 Å². The molecule has 2 rings (SSSR count). The predicted octanol–water partition coefficient (Wildman–Crippen LogP) is 4.17. The first-order valence-corrected chi connectivity index (χ1v) is 8.04. The number of ether oxygens (including phenoxy) is 1. The monoisotopic (exact) mass is 402 g/mol. The van der Waals surface area contributed by atoms with Gasteiger partial charge < -0.3 is 0 Å². The standard InChI is InChI=1S/C18H20N2O2.Pd/c1-18(2,3)22-17(21)20(16-12-8-5-9-13-16)14-19-15-10-6-4-7-11-15;/h4-13,19H,1-3H3;. The van der Waals surface area contributed by atoms with Crippen LogP contribution in [-0.2, 0) is 23.5 Å². The number of carbonyl (C=O) groups is 1. The number of para-hydroxylation sites is 2. The van der Waals surface area contributed by atoms with Crippen LogP contribution in [0.4, 0.5) is 16.2 Å². The first-order valence-electron chi connectivity index (χ1n) is 7.26. The van der Waals surface area contributed by atoms with Gasteiger partial charge in [-0.3, -0.25) is 0 Å². The van der Waals surface area contributed by atoms with E-state index in [4.69, 9.17) is 4.74 Å². The number of nitrogens with one attached hydrogen (secondary N) is 1. The second-order valence-corrected chi connectivity index (χ2v) is 6.64. The van der Waals surface area contributed by atoms with Crippen LogP contribution in [0.5, 0.6) is 0 Å². The van der Waals surface area contributed by atoms with Gasteiger partial charge in [-0.2, -0.15) is 0 Å². The van der Waals surface area contributed by atoms with Crippen LogP contribution in [0.1, 0.15) is 20.8 Å². The molecule has 0 aliphatic rings. The molecular formula is C18H20N2O2Pd. The third-order valence-corrected chi connectivity index (χ3v) is 3.33. The molecule has 2 aromatic rings. The molecule has 0 saturated heterocycles. The third-order valence-electron chi connectivity index (χ3n) is 2.79. The Balaban J connectivity index is 2.26. The zero-order chi connectivity index (χ0) is 16.9. The summed E-state index contributed by atoms with van der Waals surface area (Å²) in [5.74, 6) is 0. The topological polar surface area (TPSA) is 41.6 Å². The Morgan fingerprint density at radius 2 is 1.52 bits per heavy atom. The van der Waals surface area contributed by atoms with Crippen LogP contribution in [0.3, 0.4) is 0 Å². The van der Waals surface area contributed by atoms with E-state index in [0.717, 1.165) is 5.69 Å². The van der Waals surface area contributed by atoms with E-state index in [-0.39, 0.29) is 0 Å². The first-order chi connectivity index (χ1) is 10.9. The van der Waals surface area contributed by atoms with E-state index in [1.807, 2.05) is 81.4 Å². The Morgan fingerprint density at radius 1 is 1.00 bits per heavy atom. The van der Waals surface area contributed by atoms with Gasteiger partial charge in [-0.15, -0.1) is 0 Å². The maximum atomic E-state index is 12.6. The number of amides is 1. The molecule has 124 valence electrons. The van der Waals surface area contributed by atoms with Crippen molar-refractivity contribution >= 4 is 21.7 Å². The quantitative estimate of drug-likeness (QED) is 0.780. The summed E-state index contributed by atoms with van der Waals surface area (Å²) in [7, 11) is 0. The number of anilines is 2. The summed E-state index contributed by atoms with van der Waals surface area (Å²) in [5, 5.41) is 3.18. The van der Waals surface area contributed by atoms with E-state index in [1.165, 1.54) is 4.90 Å². The van der Waals surface area contributed by atoms with Crippen molar-refractivity contribution in [3.05, 3.63) is 60.7 Å². The second-order valence-electron chi connectivity index (χ2n) is 5.90. The average Bonchev–Trinajstić information content (AvgIpc) is 2.47. The van der Waals surface area contributed by atoms with Gasteiger partial charge >= 0.3 is 147 Å². The molecule has 2 aromatic carbocycles. The number of carbonyl (C=O) groups excluding carboxylic acids is 1. The van der Waals surface area contributed by atoms with E-state index in [2.05, 4.69) is 24.1 Å². The summed E-state index contributed by atoms with van der Waals surface area (Å²) in [6, 6.07) is 19.0. The molecule has 0 unspecified atom stereocenters. The number of hydrogen-bond acceptors (Lipinski definition) is 3. The number of rotatable bonds is 4. The Bertz CT molecular complexity index is 666. The van der Waals surface area contributed by atoms with Crippen LogP contribution in [0.2, 0.25) is 0 Å². The second kappa shape index (κ2) is 7.54. The molecule has 5 heteroatoms. The Labute approximate surface area is 147 Å². The summed E-state index contributed by atoms with van der Waals surface area (Å²) >= 11 is 3.14. The number of hydrogen-bond donors (Lipinski definition) is 1. The molecule has 0 heterocycles. The average molecular weight is 403 g/mol. The van der Waals surface area contributed by atoms with Crippen molar-refractivity contribution in [1.29, 1.82) is 0 Å². The van der Waals surface area contributed by atoms with Gasteiger partial charge in [0.1, 0.15) is 0 Å². The molecule has 4 nitrogen and oxygen atoms in total. The zero-order valence-corrected chi connectivity index (χ0v) is 14.9. The zero-order valence-electron chi connectivity index (χ0n) is 13.4. The minimum absolute atomic E-state index is 0.450. The van der Waals surface area contributed by atoms with Crippen LogP contribution in [0.15, 0.2) is 60.7 Å². The molecule has 1 N–H and O–H groups in total. The van der Waals surface area contributed by atoms with Crippen molar-refractivity contribution < 1.29 is 28.3 Å². The fourth-order valence-electron chi connectivity index (χ4n) is 1.86. The molecule has 0 spiro atoms. The van der Waals surface area contributed by atoms with Gasteiger partial charge in [-0.25, -0.2) is 0 Å². The maximum absolute atomic E-state index is 12.6.